The van der Waals surface area contributed by atoms with Crippen molar-refractivity contribution in [1.29, 1.82) is 10.5 Å². The maximum atomic E-state index is 9.01. The molecule has 2 rings (SSSR count). The Morgan fingerprint density at radius 1 is 0.944 bits per heavy atom. The minimum atomic E-state index is 0.598. The minimum absolute atomic E-state index is 0.598. The van der Waals surface area contributed by atoms with Crippen molar-refractivity contribution in [3.05, 3.63) is 59.2 Å². The molecule has 0 bridgehead atoms. The van der Waals surface area contributed by atoms with Gasteiger partial charge in [-0.1, -0.05) is 12.1 Å². The summed E-state index contributed by atoms with van der Waals surface area (Å²) < 4.78 is 0. The highest BCUT2D eigenvalue weighted by atomic mass is 14.9. The predicted octanol–water partition coefficient (Wildman–Crippen LogP) is 3.48. The van der Waals surface area contributed by atoms with Crippen LogP contribution in [0.2, 0.25) is 0 Å². The minimum Gasteiger partial charge on any atom is -0.354 e. The van der Waals surface area contributed by atoms with Gasteiger partial charge in [0, 0.05) is 5.69 Å². The van der Waals surface area contributed by atoms with Crippen LogP contribution in [-0.4, -0.2) is 0 Å². The van der Waals surface area contributed by atoms with Gasteiger partial charge in [-0.3, -0.25) is 0 Å². The Labute approximate surface area is 106 Å². The topological polar surface area (TPSA) is 59.6 Å². The van der Waals surface area contributed by atoms with E-state index >= 15 is 0 Å². The number of nitriles is 2. The quantitative estimate of drug-likeness (QED) is 0.863. The van der Waals surface area contributed by atoms with Gasteiger partial charge in [0.25, 0.3) is 0 Å². The van der Waals surface area contributed by atoms with E-state index in [0.29, 0.717) is 11.1 Å². The van der Waals surface area contributed by atoms with E-state index in [9.17, 15) is 0 Å². The van der Waals surface area contributed by atoms with Crippen LogP contribution in [0.5, 0.6) is 0 Å². The summed E-state index contributed by atoms with van der Waals surface area (Å²) in [7, 11) is 0. The molecule has 0 saturated heterocycles. The van der Waals surface area contributed by atoms with Crippen molar-refractivity contribution in [2.45, 2.75) is 6.92 Å². The second-order valence-corrected chi connectivity index (χ2v) is 3.92. The zero-order chi connectivity index (χ0) is 13.0. The molecular formula is C15H11N3. The fraction of sp³-hybridized carbons (Fsp3) is 0.0667. The molecule has 0 heterocycles. The van der Waals surface area contributed by atoms with E-state index in [1.807, 2.05) is 37.3 Å². The van der Waals surface area contributed by atoms with Crippen molar-refractivity contribution < 1.29 is 0 Å². The second-order valence-electron chi connectivity index (χ2n) is 3.92. The van der Waals surface area contributed by atoms with Gasteiger partial charge in [0.15, 0.2) is 0 Å². The van der Waals surface area contributed by atoms with Crippen molar-refractivity contribution in [3.8, 4) is 12.1 Å². The molecule has 86 valence electrons. The summed E-state index contributed by atoms with van der Waals surface area (Å²) in [5.74, 6) is 0. The van der Waals surface area contributed by atoms with Crippen molar-refractivity contribution >= 4 is 11.4 Å². The number of nitrogens with one attached hydrogen (secondary N) is 1. The van der Waals surface area contributed by atoms with Crippen LogP contribution in [0.15, 0.2) is 42.5 Å². The molecule has 0 saturated carbocycles. The normalized spacial score (nSPS) is 9.28. The molecule has 0 aromatic heterocycles. The van der Waals surface area contributed by atoms with Crippen LogP contribution in [0.4, 0.5) is 11.4 Å². The summed E-state index contributed by atoms with van der Waals surface area (Å²) in [5.41, 5.74) is 3.87. The first-order chi connectivity index (χ1) is 8.74. The van der Waals surface area contributed by atoms with Crippen molar-refractivity contribution in [1.82, 2.24) is 0 Å². The standard InChI is InChI=1S/C15H11N3/c1-11-8-12(9-16)6-7-14(11)18-15-5-3-2-4-13(15)10-17/h2-8,18H,1H3. The van der Waals surface area contributed by atoms with E-state index in [1.54, 1.807) is 12.1 Å². The Kier molecular flexibility index (Phi) is 3.27. The molecule has 0 aliphatic heterocycles. The molecule has 1 N–H and O–H groups in total. The van der Waals surface area contributed by atoms with Gasteiger partial charge in [-0.15, -0.1) is 0 Å². The first kappa shape index (κ1) is 11.7. The lowest BCUT2D eigenvalue weighted by Crippen LogP contribution is -1.95. The summed E-state index contributed by atoms with van der Waals surface area (Å²) in [5, 5.41) is 21.0. The molecule has 0 radical (unpaired) electrons. The first-order valence-electron chi connectivity index (χ1n) is 5.51. The van der Waals surface area contributed by atoms with Crippen LogP contribution < -0.4 is 5.32 Å². The van der Waals surface area contributed by atoms with Crippen molar-refractivity contribution in [2.75, 3.05) is 5.32 Å². The van der Waals surface area contributed by atoms with Crippen LogP contribution in [0.25, 0.3) is 0 Å². The summed E-state index contributed by atoms with van der Waals surface area (Å²) in [4.78, 5) is 0. The molecule has 0 spiro atoms. The van der Waals surface area contributed by atoms with Crippen molar-refractivity contribution in [3.63, 3.8) is 0 Å². The third kappa shape index (κ3) is 2.31. The highest BCUT2D eigenvalue weighted by Gasteiger charge is 2.04. The molecule has 0 aliphatic carbocycles. The SMILES string of the molecule is Cc1cc(C#N)ccc1Nc1ccccc1C#N. The largest absolute Gasteiger partial charge is 0.354 e. The van der Waals surface area contributed by atoms with E-state index in [0.717, 1.165) is 16.9 Å². The molecule has 0 atom stereocenters. The number of anilines is 2. The number of aryl methyl sites for hydroxylation is 1. The van der Waals surface area contributed by atoms with Gasteiger partial charge in [-0.25, -0.2) is 0 Å². The maximum Gasteiger partial charge on any atom is 0.101 e. The van der Waals surface area contributed by atoms with E-state index < -0.39 is 0 Å². The average molecular weight is 233 g/mol. The van der Waals surface area contributed by atoms with Crippen LogP contribution in [0.3, 0.4) is 0 Å². The number of benzene rings is 2. The molecule has 3 nitrogen and oxygen atoms in total. The van der Waals surface area contributed by atoms with Crippen LogP contribution >= 0.6 is 0 Å². The van der Waals surface area contributed by atoms with Gasteiger partial charge in [0.05, 0.1) is 22.9 Å². The lowest BCUT2D eigenvalue weighted by Gasteiger charge is -2.10. The monoisotopic (exact) mass is 233 g/mol. The molecule has 0 aliphatic rings. The molecule has 18 heavy (non-hydrogen) atoms. The fourth-order valence-electron chi connectivity index (χ4n) is 1.71. The van der Waals surface area contributed by atoms with Gasteiger partial charge in [0.2, 0.25) is 0 Å². The number of hydrogen-bond donors (Lipinski definition) is 1. The third-order valence-electron chi connectivity index (χ3n) is 2.67. The maximum absolute atomic E-state index is 9.01. The number of rotatable bonds is 2. The zero-order valence-electron chi connectivity index (χ0n) is 9.94. The lowest BCUT2D eigenvalue weighted by molar-refractivity contribution is 1.39. The fourth-order valence-corrected chi connectivity index (χ4v) is 1.71. The van der Waals surface area contributed by atoms with Gasteiger partial charge in [-0.2, -0.15) is 10.5 Å². The number of hydrogen-bond acceptors (Lipinski definition) is 3. The van der Waals surface area contributed by atoms with E-state index in [4.69, 9.17) is 10.5 Å². The molecular weight excluding hydrogens is 222 g/mol. The van der Waals surface area contributed by atoms with Crippen LogP contribution in [0, 0.1) is 29.6 Å². The molecule has 2 aromatic rings. The van der Waals surface area contributed by atoms with Gasteiger partial charge >= 0.3 is 0 Å². The highest BCUT2D eigenvalue weighted by molar-refractivity contribution is 5.69. The van der Waals surface area contributed by atoms with E-state index in [2.05, 4.69) is 17.5 Å². The first-order valence-corrected chi connectivity index (χ1v) is 5.51. The van der Waals surface area contributed by atoms with Gasteiger partial charge in [0.1, 0.15) is 6.07 Å². The van der Waals surface area contributed by atoms with E-state index in [1.165, 1.54) is 0 Å². The summed E-state index contributed by atoms with van der Waals surface area (Å²) in [6.45, 7) is 1.93. The number of para-hydroxylation sites is 1. The second kappa shape index (κ2) is 5.03. The van der Waals surface area contributed by atoms with E-state index in [-0.39, 0.29) is 0 Å². The Balaban J connectivity index is 2.36. The third-order valence-corrected chi connectivity index (χ3v) is 2.67. The zero-order valence-corrected chi connectivity index (χ0v) is 9.94. The molecule has 2 aromatic carbocycles. The van der Waals surface area contributed by atoms with Crippen LogP contribution in [0.1, 0.15) is 16.7 Å². The summed E-state index contributed by atoms with van der Waals surface area (Å²) in [6, 6.07) is 17.0. The average Bonchev–Trinajstić information content (AvgIpc) is 2.41. The van der Waals surface area contributed by atoms with Crippen LogP contribution in [-0.2, 0) is 0 Å². The Morgan fingerprint density at radius 3 is 2.39 bits per heavy atom. The Bertz CT molecular complexity index is 660. The smallest absolute Gasteiger partial charge is 0.101 e. The summed E-state index contributed by atoms with van der Waals surface area (Å²) in [6.07, 6.45) is 0. The highest BCUT2D eigenvalue weighted by Crippen LogP contribution is 2.23. The predicted molar refractivity (Wildman–Crippen MR) is 70.3 cm³/mol. The summed E-state index contributed by atoms with van der Waals surface area (Å²) >= 11 is 0. The molecule has 3 heteroatoms. The Hall–Kier alpha value is -2.78. The lowest BCUT2D eigenvalue weighted by atomic mass is 10.1. The Morgan fingerprint density at radius 2 is 1.72 bits per heavy atom. The van der Waals surface area contributed by atoms with Crippen molar-refractivity contribution in [2.24, 2.45) is 0 Å². The van der Waals surface area contributed by atoms with Gasteiger partial charge in [-0.05, 0) is 42.8 Å². The molecule has 0 unspecified atom stereocenters. The van der Waals surface area contributed by atoms with Gasteiger partial charge < -0.3 is 5.32 Å². The molecule has 0 fully saturated rings. The molecule has 0 amide bonds. The number of nitrogens with zero attached hydrogens (tertiary/aromatic N) is 2.